The fourth-order valence-electron chi connectivity index (χ4n) is 1.51. The second kappa shape index (κ2) is 4.65. The Kier molecular flexibility index (Phi) is 3.05. The Morgan fingerprint density at radius 3 is 2.53 bits per heavy atom. The zero-order chi connectivity index (χ0) is 12.3. The van der Waals surface area contributed by atoms with Gasteiger partial charge in [0, 0.05) is 0 Å². The van der Waals surface area contributed by atoms with E-state index in [1.807, 2.05) is 13.0 Å². The van der Waals surface area contributed by atoms with Crippen molar-refractivity contribution in [1.82, 2.24) is 0 Å². The maximum absolute atomic E-state index is 11.0. The Morgan fingerprint density at radius 1 is 1.29 bits per heavy atom. The number of nitrogens with zero attached hydrogens (tertiary/aromatic N) is 1. The van der Waals surface area contributed by atoms with Crippen molar-refractivity contribution in [2.45, 2.75) is 6.92 Å². The topological polar surface area (TPSA) is 56.3 Å². The van der Waals surface area contributed by atoms with E-state index in [-0.39, 0.29) is 5.70 Å². The minimum absolute atomic E-state index is 0.0312. The monoisotopic (exact) mass is 229 g/mol. The van der Waals surface area contributed by atoms with Gasteiger partial charge in [0.2, 0.25) is 0 Å². The molecule has 0 saturated carbocycles. The molecule has 0 amide bonds. The highest BCUT2D eigenvalue weighted by Gasteiger charge is 2.15. The van der Waals surface area contributed by atoms with Gasteiger partial charge in [0.15, 0.2) is 0 Å². The molecule has 17 heavy (non-hydrogen) atoms. The zero-order valence-electron chi connectivity index (χ0n) is 9.29. The molecule has 1 heterocycles. The van der Waals surface area contributed by atoms with E-state index >= 15 is 0 Å². The highest BCUT2D eigenvalue weighted by molar-refractivity contribution is 5.75. The first kappa shape index (κ1) is 11.1. The predicted molar refractivity (Wildman–Crippen MR) is 64.8 cm³/mol. The molecule has 0 aliphatic heterocycles. The SMILES string of the molecule is Cc1ccoc1/C=C(\c1ccccc1)[N+](=O)[O-]. The average molecular weight is 229 g/mol. The van der Waals surface area contributed by atoms with Crippen LogP contribution in [0.4, 0.5) is 0 Å². The highest BCUT2D eigenvalue weighted by Crippen LogP contribution is 2.20. The molecule has 0 saturated heterocycles. The smallest absolute Gasteiger partial charge is 0.280 e. The van der Waals surface area contributed by atoms with Crippen LogP contribution in [-0.2, 0) is 0 Å². The fraction of sp³-hybridized carbons (Fsp3) is 0.0769. The van der Waals surface area contributed by atoms with Crippen molar-refractivity contribution in [1.29, 1.82) is 0 Å². The molecular formula is C13H11NO3. The summed E-state index contributed by atoms with van der Waals surface area (Å²) in [6, 6.07) is 10.5. The van der Waals surface area contributed by atoms with Crippen molar-refractivity contribution >= 4 is 11.8 Å². The third kappa shape index (κ3) is 2.42. The van der Waals surface area contributed by atoms with E-state index in [0.29, 0.717) is 11.3 Å². The maximum atomic E-state index is 11.0. The van der Waals surface area contributed by atoms with Crippen molar-refractivity contribution in [3.05, 3.63) is 69.7 Å². The molecule has 0 atom stereocenters. The Hall–Kier alpha value is -2.36. The van der Waals surface area contributed by atoms with Crippen LogP contribution in [0.5, 0.6) is 0 Å². The number of hydrogen-bond acceptors (Lipinski definition) is 3. The standard InChI is InChI=1S/C13H11NO3/c1-10-7-8-17-13(10)9-12(14(15)16)11-5-3-2-4-6-11/h2-9H,1H3/b12-9+. The number of rotatable bonds is 3. The number of aryl methyl sites for hydroxylation is 1. The largest absolute Gasteiger partial charge is 0.464 e. The van der Waals surface area contributed by atoms with Crippen LogP contribution in [0.1, 0.15) is 16.9 Å². The summed E-state index contributed by atoms with van der Waals surface area (Å²) in [7, 11) is 0. The van der Waals surface area contributed by atoms with Gasteiger partial charge in [-0.05, 0) is 30.7 Å². The van der Waals surface area contributed by atoms with E-state index in [0.717, 1.165) is 5.56 Å². The Morgan fingerprint density at radius 2 is 2.00 bits per heavy atom. The van der Waals surface area contributed by atoms with Gasteiger partial charge in [-0.1, -0.05) is 18.2 Å². The van der Waals surface area contributed by atoms with Crippen LogP contribution >= 0.6 is 0 Å². The molecule has 2 rings (SSSR count). The van der Waals surface area contributed by atoms with E-state index in [2.05, 4.69) is 0 Å². The summed E-state index contributed by atoms with van der Waals surface area (Å²) in [6.45, 7) is 1.85. The third-order valence-corrected chi connectivity index (χ3v) is 2.44. The molecule has 0 N–H and O–H groups in total. The number of nitro groups is 1. The highest BCUT2D eigenvalue weighted by atomic mass is 16.6. The van der Waals surface area contributed by atoms with Gasteiger partial charge >= 0.3 is 0 Å². The van der Waals surface area contributed by atoms with Crippen LogP contribution < -0.4 is 0 Å². The Bertz CT molecular complexity index is 555. The predicted octanol–water partition coefficient (Wildman–Crippen LogP) is 3.36. The number of furan rings is 1. The summed E-state index contributed by atoms with van der Waals surface area (Å²) in [6.07, 6.45) is 2.97. The van der Waals surface area contributed by atoms with E-state index < -0.39 is 4.92 Å². The first-order chi connectivity index (χ1) is 8.18. The van der Waals surface area contributed by atoms with Crippen LogP contribution in [0, 0.1) is 17.0 Å². The van der Waals surface area contributed by atoms with Crippen LogP contribution in [0.2, 0.25) is 0 Å². The molecule has 0 fully saturated rings. The van der Waals surface area contributed by atoms with Crippen molar-refractivity contribution < 1.29 is 9.34 Å². The van der Waals surface area contributed by atoms with Crippen LogP contribution in [-0.4, -0.2) is 4.92 Å². The molecule has 0 aliphatic rings. The molecule has 4 nitrogen and oxygen atoms in total. The molecule has 2 aromatic rings. The third-order valence-electron chi connectivity index (χ3n) is 2.44. The van der Waals surface area contributed by atoms with Gasteiger partial charge in [-0.15, -0.1) is 0 Å². The second-order valence-corrected chi connectivity index (χ2v) is 3.62. The molecule has 4 heteroatoms. The first-order valence-electron chi connectivity index (χ1n) is 5.14. The minimum Gasteiger partial charge on any atom is -0.464 e. The maximum Gasteiger partial charge on any atom is 0.280 e. The molecule has 1 aromatic heterocycles. The molecule has 0 unspecified atom stereocenters. The zero-order valence-corrected chi connectivity index (χ0v) is 9.29. The van der Waals surface area contributed by atoms with Crippen molar-refractivity contribution in [3.63, 3.8) is 0 Å². The van der Waals surface area contributed by atoms with E-state index in [1.165, 1.54) is 12.3 Å². The van der Waals surface area contributed by atoms with Gasteiger partial charge < -0.3 is 4.42 Å². The number of benzene rings is 1. The Labute approximate surface area is 98.3 Å². The first-order valence-corrected chi connectivity index (χ1v) is 5.14. The van der Waals surface area contributed by atoms with E-state index in [1.54, 1.807) is 30.3 Å². The molecule has 1 aromatic carbocycles. The molecule has 0 bridgehead atoms. The summed E-state index contributed by atoms with van der Waals surface area (Å²) in [5, 5.41) is 11.0. The lowest BCUT2D eigenvalue weighted by Crippen LogP contribution is -1.97. The average Bonchev–Trinajstić information content (AvgIpc) is 2.72. The molecule has 0 radical (unpaired) electrons. The minimum atomic E-state index is -0.405. The normalized spacial score (nSPS) is 11.5. The van der Waals surface area contributed by atoms with Crippen LogP contribution in [0.25, 0.3) is 11.8 Å². The summed E-state index contributed by atoms with van der Waals surface area (Å²) >= 11 is 0. The van der Waals surface area contributed by atoms with Gasteiger partial charge in [-0.3, -0.25) is 10.1 Å². The van der Waals surface area contributed by atoms with Crippen LogP contribution in [0.3, 0.4) is 0 Å². The molecular weight excluding hydrogens is 218 g/mol. The second-order valence-electron chi connectivity index (χ2n) is 3.62. The molecule has 86 valence electrons. The van der Waals surface area contributed by atoms with Gasteiger partial charge in [-0.2, -0.15) is 0 Å². The quantitative estimate of drug-likeness (QED) is 0.599. The van der Waals surface area contributed by atoms with Gasteiger partial charge in [-0.25, -0.2) is 0 Å². The van der Waals surface area contributed by atoms with Gasteiger partial charge in [0.25, 0.3) is 5.70 Å². The van der Waals surface area contributed by atoms with Gasteiger partial charge in [0.05, 0.1) is 22.8 Å². The summed E-state index contributed by atoms with van der Waals surface area (Å²) in [4.78, 5) is 10.6. The van der Waals surface area contributed by atoms with E-state index in [9.17, 15) is 10.1 Å². The van der Waals surface area contributed by atoms with Crippen LogP contribution in [0.15, 0.2) is 47.1 Å². The Balaban J connectivity index is 2.47. The van der Waals surface area contributed by atoms with Gasteiger partial charge in [0.1, 0.15) is 5.76 Å². The summed E-state index contributed by atoms with van der Waals surface area (Å²) in [5.41, 5.74) is 1.47. The summed E-state index contributed by atoms with van der Waals surface area (Å²) in [5.74, 6) is 0.514. The number of hydrogen-bond donors (Lipinski definition) is 0. The summed E-state index contributed by atoms with van der Waals surface area (Å²) < 4.78 is 5.19. The lowest BCUT2D eigenvalue weighted by Gasteiger charge is -1.98. The molecule has 0 spiro atoms. The van der Waals surface area contributed by atoms with Crippen molar-refractivity contribution in [2.24, 2.45) is 0 Å². The lowest BCUT2D eigenvalue weighted by molar-refractivity contribution is -0.374. The lowest BCUT2D eigenvalue weighted by atomic mass is 10.1. The van der Waals surface area contributed by atoms with E-state index in [4.69, 9.17) is 4.42 Å². The molecule has 0 aliphatic carbocycles. The fourth-order valence-corrected chi connectivity index (χ4v) is 1.51. The van der Waals surface area contributed by atoms with Crippen molar-refractivity contribution in [2.75, 3.05) is 0 Å². The van der Waals surface area contributed by atoms with Crippen molar-refractivity contribution in [3.8, 4) is 0 Å².